The van der Waals surface area contributed by atoms with Crippen LogP contribution in [0, 0.1) is 18.3 Å². The summed E-state index contributed by atoms with van der Waals surface area (Å²) in [7, 11) is 0. The molecule has 0 aromatic heterocycles. The topological polar surface area (TPSA) is 60.8 Å². The Morgan fingerprint density at radius 3 is 2.33 bits per heavy atom. The van der Waals surface area contributed by atoms with E-state index in [0.717, 1.165) is 0 Å². The van der Waals surface area contributed by atoms with Crippen LogP contribution in [0.1, 0.15) is 17.5 Å². The molecule has 1 fully saturated rings. The highest BCUT2D eigenvalue weighted by molar-refractivity contribution is 5.96. The van der Waals surface area contributed by atoms with Gasteiger partial charge in [0.2, 0.25) is 5.91 Å². The van der Waals surface area contributed by atoms with E-state index in [1.54, 1.807) is 23.1 Å². The first kappa shape index (κ1) is 12.6. The third-order valence-electron chi connectivity index (χ3n) is 3.07. The van der Waals surface area contributed by atoms with Gasteiger partial charge in [0.1, 0.15) is 0 Å². The first-order chi connectivity index (χ1) is 8.67. The molecular weight excluding hydrogens is 230 g/mol. The Bertz CT molecular complexity index is 482. The van der Waals surface area contributed by atoms with Gasteiger partial charge in [-0.05, 0) is 23.3 Å². The first-order valence-electron chi connectivity index (χ1n) is 5.79. The van der Waals surface area contributed by atoms with E-state index in [9.17, 15) is 15.0 Å². The van der Waals surface area contributed by atoms with Crippen molar-refractivity contribution >= 4 is 11.6 Å². The number of amides is 1. The van der Waals surface area contributed by atoms with Gasteiger partial charge in [0.25, 0.3) is 0 Å². The van der Waals surface area contributed by atoms with Gasteiger partial charge in [-0.3, -0.25) is 4.79 Å². The SMILES string of the molecule is C#CC1CC(=O)N(c2cc(CO)cc(CO)c2)C1. The molecule has 94 valence electrons. The molecule has 0 radical (unpaired) electrons. The summed E-state index contributed by atoms with van der Waals surface area (Å²) in [6.07, 6.45) is 5.70. The van der Waals surface area contributed by atoms with Crippen molar-refractivity contribution in [3.05, 3.63) is 29.3 Å². The molecule has 0 aliphatic carbocycles. The lowest BCUT2D eigenvalue weighted by Gasteiger charge is -2.18. The average molecular weight is 245 g/mol. The maximum absolute atomic E-state index is 11.8. The fourth-order valence-electron chi connectivity index (χ4n) is 2.15. The zero-order chi connectivity index (χ0) is 13.1. The standard InChI is InChI=1S/C14H15NO3/c1-2-10-6-14(18)15(7-10)13-4-11(8-16)3-12(5-13)9-17/h1,3-5,10,16-17H,6-9H2. The van der Waals surface area contributed by atoms with Crippen LogP contribution in [0.25, 0.3) is 0 Å². The minimum Gasteiger partial charge on any atom is -0.392 e. The quantitative estimate of drug-likeness (QED) is 0.769. The van der Waals surface area contributed by atoms with Crippen LogP contribution in [0.3, 0.4) is 0 Å². The Balaban J connectivity index is 2.33. The van der Waals surface area contributed by atoms with E-state index >= 15 is 0 Å². The van der Waals surface area contributed by atoms with Gasteiger partial charge >= 0.3 is 0 Å². The molecule has 1 saturated heterocycles. The predicted octanol–water partition coefficient (Wildman–Crippen LogP) is 0.657. The highest BCUT2D eigenvalue weighted by atomic mass is 16.3. The Labute approximate surface area is 106 Å². The van der Waals surface area contributed by atoms with E-state index in [1.807, 2.05) is 0 Å². The molecule has 1 unspecified atom stereocenters. The van der Waals surface area contributed by atoms with Crippen molar-refractivity contribution < 1.29 is 15.0 Å². The third-order valence-corrected chi connectivity index (χ3v) is 3.07. The maximum atomic E-state index is 11.8. The molecule has 2 N–H and O–H groups in total. The molecule has 0 spiro atoms. The van der Waals surface area contributed by atoms with Crippen molar-refractivity contribution in [2.24, 2.45) is 5.92 Å². The van der Waals surface area contributed by atoms with Gasteiger partial charge in [0, 0.05) is 24.6 Å². The number of rotatable bonds is 3. The van der Waals surface area contributed by atoms with Gasteiger partial charge in [-0.15, -0.1) is 12.3 Å². The predicted molar refractivity (Wildman–Crippen MR) is 67.6 cm³/mol. The second kappa shape index (κ2) is 5.21. The van der Waals surface area contributed by atoms with Gasteiger partial charge in [-0.25, -0.2) is 0 Å². The molecule has 1 aromatic rings. The summed E-state index contributed by atoms with van der Waals surface area (Å²) in [6.45, 7) is 0.248. The number of aliphatic hydroxyl groups excluding tert-OH is 2. The highest BCUT2D eigenvalue weighted by Crippen LogP contribution is 2.26. The number of nitrogens with zero attached hydrogens (tertiary/aromatic N) is 1. The molecule has 1 heterocycles. The van der Waals surface area contributed by atoms with Crippen molar-refractivity contribution in [2.45, 2.75) is 19.6 Å². The number of hydrogen-bond donors (Lipinski definition) is 2. The molecular formula is C14H15NO3. The molecule has 1 aromatic carbocycles. The highest BCUT2D eigenvalue weighted by Gasteiger charge is 2.29. The van der Waals surface area contributed by atoms with Crippen LogP contribution in [0.5, 0.6) is 0 Å². The van der Waals surface area contributed by atoms with Crippen molar-refractivity contribution in [1.82, 2.24) is 0 Å². The zero-order valence-corrected chi connectivity index (χ0v) is 9.97. The fourth-order valence-corrected chi connectivity index (χ4v) is 2.15. The van der Waals surface area contributed by atoms with Gasteiger partial charge < -0.3 is 15.1 Å². The van der Waals surface area contributed by atoms with Gasteiger partial charge in [0.15, 0.2) is 0 Å². The second-order valence-electron chi connectivity index (χ2n) is 4.40. The summed E-state index contributed by atoms with van der Waals surface area (Å²) < 4.78 is 0. The van der Waals surface area contributed by atoms with Crippen molar-refractivity contribution in [2.75, 3.05) is 11.4 Å². The third kappa shape index (κ3) is 2.37. The van der Waals surface area contributed by atoms with E-state index in [2.05, 4.69) is 5.92 Å². The molecule has 0 saturated carbocycles. The van der Waals surface area contributed by atoms with E-state index in [0.29, 0.717) is 29.8 Å². The molecule has 4 heteroatoms. The molecule has 1 amide bonds. The lowest BCUT2D eigenvalue weighted by molar-refractivity contribution is -0.117. The van der Waals surface area contributed by atoms with Gasteiger partial charge in [-0.2, -0.15) is 0 Å². The van der Waals surface area contributed by atoms with Crippen molar-refractivity contribution in [3.8, 4) is 12.3 Å². The summed E-state index contributed by atoms with van der Waals surface area (Å²) >= 11 is 0. The van der Waals surface area contributed by atoms with Crippen LogP contribution in [0.15, 0.2) is 18.2 Å². The molecule has 1 aliphatic heterocycles. The fraction of sp³-hybridized carbons (Fsp3) is 0.357. The van der Waals surface area contributed by atoms with Crippen molar-refractivity contribution in [1.29, 1.82) is 0 Å². The minimum absolute atomic E-state index is 0.0167. The van der Waals surface area contributed by atoms with Gasteiger partial charge in [-0.1, -0.05) is 6.07 Å². The van der Waals surface area contributed by atoms with E-state index in [4.69, 9.17) is 6.42 Å². The normalized spacial score (nSPS) is 19.1. The minimum atomic E-state index is -0.124. The Hall–Kier alpha value is -1.83. The van der Waals surface area contributed by atoms with Crippen LogP contribution < -0.4 is 4.90 Å². The molecule has 0 bridgehead atoms. The number of anilines is 1. The second-order valence-corrected chi connectivity index (χ2v) is 4.40. The van der Waals surface area contributed by atoms with Gasteiger partial charge in [0.05, 0.1) is 13.2 Å². The molecule has 1 aliphatic rings. The van der Waals surface area contributed by atoms with Crippen LogP contribution in [0.2, 0.25) is 0 Å². The lowest BCUT2D eigenvalue weighted by Crippen LogP contribution is -2.24. The number of carbonyl (C=O) groups excluding carboxylic acids is 1. The Kier molecular flexibility index (Phi) is 3.66. The monoisotopic (exact) mass is 245 g/mol. The average Bonchev–Trinajstić information content (AvgIpc) is 2.79. The molecule has 1 atom stereocenters. The van der Waals surface area contributed by atoms with E-state index in [-0.39, 0.29) is 25.0 Å². The van der Waals surface area contributed by atoms with E-state index in [1.165, 1.54) is 0 Å². The number of carbonyl (C=O) groups is 1. The first-order valence-corrected chi connectivity index (χ1v) is 5.79. The number of aliphatic hydroxyl groups is 2. The molecule has 18 heavy (non-hydrogen) atoms. The number of benzene rings is 1. The van der Waals surface area contributed by atoms with Crippen LogP contribution >= 0.6 is 0 Å². The molecule has 4 nitrogen and oxygen atoms in total. The number of terminal acetylenes is 1. The zero-order valence-electron chi connectivity index (χ0n) is 9.97. The van der Waals surface area contributed by atoms with Crippen LogP contribution in [-0.4, -0.2) is 22.7 Å². The summed E-state index contributed by atoms with van der Waals surface area (Å²) in [4.78, 5) is 13.5. The van der Waals surface area contributed by atoms with Crippen LogP contribution in [0.4, 0.5) is 5.69 Å². The summed E-state index contributed by atoms with van der Waals surface area (Å²) in [5.41, 5.74) is 2.04. The Morgan fingerprint density at radius 2 is 1.89 bits per heavy atom. The Morgan fingerprint density at radius 1 is 1.28 bits per heavy atom. The molecule has 2 rings (SSSR count). The smallest absolute Gasteiger partial charge is 0.228 e. The van der Waals surface area contributed by atoms with Crippen LogP contribution in [-0.2, 0) is 18.0 Å². The summed E-state index contributed by atoms with van der Waals surface area (Å²) in [6, 6.07) is 5.20. The van der Waals surface area contributed by atoms with E-state index < -0.39 is 0 Å². The number of hydrogen-bond acceptors (Lipinski definition) is 3. The summed E-state index contributed by atoms with van der Waals surface area (Å²) in [5.74, 6) is 2.51. The summed E-state index contributed by atoms with van der Waals surface area (Å²) in [5, 5.41) is 18.3. The maximum Gasteiger partial charge on any atom is 0.228 e. The largest absolute Gasteiger partial charge is 0.392 e. The lowest BCUT2D eigenvalue weighted by atomic mass is 10.1. The van der Waals surface area contributed by atoms with Crippen molar-refractivity contribution in [3.63, 3.8) is 0 Å².